The fraction of sp³-hybridized carbons (Fsp3) is 0.115. The quantitative estimate of drug-likeness (QED) is 0.162. The lowest BCUT2D eigenvalue weighted by Crippen LogP contribution is -2.29. The Hall–Kier alpha value is -7.22. The molecule has 0 fully saturated rings. The number of hydrogen-bond acceptors (Lipinski definition) is 1. The van der Waals surface area contributed by atoms with E-state index in [0.29, 0.717) is 0 Å². The summed E-state index contributed by atoms with van der Waals surface area (Å²) in [4.78, 5) is 2.59. The van der Waals surface area contributed by atoms with Crippen molar-refractivity contribution in [1.82, 2.24) is 0 Å². The van der Waals surface area contributed by atoms with Gasteiger partial charge < -0.3 is 4.90 Å². The fourth-order valence-electron chi connectivity index (χ4n) is 11.9. The molecule has 0 radical (unpaired) electrons. The first-order valence-corrected chi connectivity index (χ1v) is 22.0. The van der Waals surface area contributed by atoms with Crippen molar-refractivity contribution in [3.8, 4) is 44.5 Å². The number of fused-ring (bicyclic) bond motifs is 9. The van der Waals surface area contributed by atoms with Crippen LogP contribution >= 0.6 is 0 Å². The van der Waals surface area contributed by atoms with Gasteiger partial charge in [-0.3, -0.25) is 0 Å². The van der Waals surface area contributed by atoms with Gasteiger partial charge in [0, 0.05) is 22.1 Å². The third kappa shape index (κ3) is 4.91. The Morgan fingerprint density at radius 2 is 0.774 bits per heavy atom. The molecule has 0 aliphatic heterocycles. The highest BCUT2D eigenvalue weighted by molar-refractivity contribution is 6.00. The zero-order chi connectivity index (χ0) is 41.8. The summed E-state index contributed by atoms with van der Waals surface area (Å²) in [6.45, 7) is 9.56. The van der Waals surface area contributed by atoms with Crippen LogP contribution in [-0.4, -0.2) is 0 Å². The van der Waals surface area contributed by atoms with Crippen LogP contribution in [0.15, 0.2) is 212 Å². The number of rotatable bonds is 6. The maximum atomic E-state index is 2.59. The summed E-state index contributed by atoms with van der Waals surface area (Å²) in [5.74, 6) is 0. The lowest BCUT2D eigenvalue weighted by Gasteiger charge is -2.36. The molecule has 12 rings (SSSR count). The average molecular weight is 794 g/mol. The minimum atomic E-state index is -0.528. The van der Waals surface area contributed by atoms with E-state index in [1.54, 1.807) is 0 Å². The van der Waals surface area contributed by atoms with Crippen LogP contribution in [0.3, 0.4) is 0 Å². The third-order valence-electron chi connectivity index (χ3n) is 14.5. The monoisotopic (exact) mass is 793 g/mol. The van der Waals surface area contributed by atoms with E-state index in [4.69, 9.17) is 0 Å². The van der Waals surface area contributed by atoms with Crippen LogP contribution in [0, 0.1) is 0 Å². The molecule has 9 aromatic rings. The molecule has 62 heavy (non-hydrogen) atoms. The molecule has 0 unspecified atom stereocenters. The van der Waals surface area contributed by atoms with E-state index in [2.05, 4.69) is 245 Å². The molecule has 9 aromatic carbocycles. The normalized spacial score (nSPS) is 15.2. The molecule has 0 N–H and O–H groups in total. The lowest BCUT2D eigenvalue weighted by molar-refractivity contribution is 0.660. The SMILES string of the molecule is CC1(C)c2ccccc2-c2c(-c3ccccc3N(c3ccc4c(c3)C(c3ccccc3)(c3ccccc3)c3ccccc3-4)c3cccc4c3C(C)(C)c3ccccc3-4)cccc21. The molecule has 0 atom stereocenters. The molecule has 0 saturated carbocycles. The first-order chi connectivity index (χ1) is 30.3. The molecule has 3 aliphatic rings. The van der Waals surface area contributed by atoms with E-state index in [0.717, 1.165) is 11.4 Å². The van der Waals surface area contributed by atoms with Crippen molar-refractivity contribution in [2.45, 2.75) is 43.9 Å². The van der Waals surface area contributed by atoms with E-state index in [-0.39, 0.29) is 10.8 Å². The van der Waals surface area contributed by atoms with E-state index in [1.165, 1.54) is 94.7 Å². The summed E-state index contributed by atoms with van der Waals surface area (Å²) < 4.78 is 0. The second-order valence-corrected chi connectivity index (χ2v) is 18.4. The van der Waals surface area contributed by atoms with Crippen molar-refractivity contribution < 1.29 is 0 Å². The number of para-hydroxylation sites is 1. The first kappa shape index (κ1) is 36.6. The molecule has 0 amide bonds. The van der Waals surface area contributed by atoms with Gasteiger partial charge in [-0.15, -0.1) is 0 Å². The summed E-state index contributed by atoms with van der Waals surface area (Å²) in [7, 11) is 0. The minimum absolute atomic E-state index is 0.111. The molecule has 0 bridgehead atoms. The van der Waals surface area contributed by atoms with Gasteiger partial charge >= 0.3 is 0 Å². The highest BCUT2D eigenvalue weighted by atomic mass is 15.1. The van der Waals surface area contributed by atoms with Crippen molar-refractivity contribution in [3.05, 3.63) is 257 Å². The Morgan fingerprint density at radius 1 is 0.306 bits per heavy atom. The van der Waals surface area contributed by atoms with E-state index < -0.39 is 5.41 Å². The van der Waals surface area contributed by atoms with Gasteiger partial charge in [0.1, 0.15) is 0 Å². The Labute approximate surface area is 365 Å². The molecule has 296 valence electrons. The zero-order valence-electron chi connectivity index (χ0n) is 35.7. The van der Waals surface area contributed by atoms with Crippen molar-refractivity contribution in [1.29, 1.82) is 0 Å². The van der Waals surface area contributed by atoms with Gasteiger partial charge in [-0.2, -0.15) is 0 Å². The number of hydrogen-bond donors (Lipinski definition) is 0. The van der Waals surface area contributed by atoms with Gasteiger partial charge in [0.25, 0.3) is 0 Å². The Bertz CT molecular complexity index is 3200. The molecule has 0 spiro atoms. The summed E-state index contributed by atoms with van der Waals surface area (Å²) in [5, 5.41) is 0. The van der Waals surface area contributed by atoms with Gasteiger partial charge in [-0.25, -0.2) is 0 Å². The van der Waals surface area contributed by atoms with Gasteiger partial charge in [0.05, 0.1) is 16.8 Å². The topological polar surface area (TPSA) is 3.24 Å². The van der Waals surface area contributed by atoms with Crippen LogP contribution in [-0.2, 0) is 16.2 Å². The average Bonchev–Trinajstić information content (AvgIpc) is 3.85. The molecular formula is C61H47N. The van der Waals surface area contributed by atoms with Gasteiger partial charge in [-0.1, -0.05) is 216 Å². The molecule has 3 aliphatic carbocycles. The van der Waals surface area contributed by atoms with E-state index in [9.17, 15) is 0 Å². The maximum absolute atomic E-state index is 2.59. The smallest absolute Gasteiger partial charge is 0.0714 e. The number of nitrogens with zero attached hydrogens (tertiary/aromatic N) is 1. The highest BCUT2D eigenvalue weighted by Crippen LogP contribution is 2.60. The van der Waals surface area contributed by atoms with E-state index in [1.807, 2.05) is 0 Å². The summed E-state index contributed by atoms with van der Waals surface area (Å²) in [6, 6.07) is 79.7. The summed E-state index contributed by atoms with van der Waals surface area (Å²) in [6.07, 6.45) is 0. The highest BCUT2D eigenvalue weighted by Gasteiger charge is 2.47. The molecule has 1 nitrogen and oxygen atoms in total. The van der Waals surface area contributed by atoms with Crippen LogP contribution in [0.4, 0.5) is 17.1 Å². The predicted octanol–water partition coefficient (Wildman–Crippen LogP) is 15.8. The fourth-order valence-corrected chi connectivity index (χ4v) is 11.9. The minimum Gasteiger partial charge on any atom is -0.310 e. The van der Waals surface area contributed by atoms with Gasteiger partial charge in [0.2, 0.25) is 0 Å². The summed E-state index contributed by atoms with van der Waals surface area (Å²) in [5.41, 5.74) is 23.5. The van der Waals surface area contributed by atoms with Crippen molar-refractivity contribution in [2.75, 3.05) is 4.90 Å². The second-order valence-electron chi connectivity index (χ2n) is 18.4. The number of benzene rings is 9. The molecule has 0 aromatic heterocycles. The summed E-state index contributed by atoms with van der Waals surface area (Å²) >= 11 is 0. The van der Waals surface area contributed by atoms with Crippen LogP contribution in [0.5, 0.6) is 0 Å². The Morgan fingerprint density at radius 3 is 1.47 bits per heavy atom. The van der Waals surface area contributed by atoms with Crippen LogP contribution in [0.25, 0.3) is 44.5 Å². The predicted molar refractivity (Wildman–Crippen MR) is 259 cm³/mol. The molecule has 0 saturated heterocycles. The maximum Gasteiger partial charge on any atom is 0.0714 e. The van der Waals surface area contributed by atoms with Crippen molar-refractivity contribution >= 4 is 17.1 Å². The zero-order valence-corrected chi connectivity index (χ0v) is 35.7. The lowest BCUT2D eigenvalue weighted by atomic mass is 9.67. The largest absolute Gasteiger partial charge is 0.310 e. The third-order valence-corrected chi connectivity index (χ3v) is 14.5. The van der Waals surface area contributed by atoms with Crippen LogP contribution in [0.1, 0.15) is 72.2 Å². The molecular weight excluding hydrogens is 747 g/mol. The van der Waals surface area contributed by atoms with Crippen molar-refractivity contribution in [3.63, 3.8) is 0 Å². The standard InChI is InChI=1S/C61H47N/c1-59(2)51-32-16-13-28-49(51)57-47(29-19-34-53(57)59)46-27-14-18-35-55(46)62(56-36-20-30-48-44-26-11-15-31-50(44)60(3,4)58(48)56)42-37-38-45-43-25-12-17-33-52(43)61(54(45)39-42,40-21-7-5-8-22-40)41-23-9-6-10-24-41/h5-39H,1-4H3. The molecule has 0 heterocycles. The Balaban J connectivity index is 1.17. The first-order valence-electron chi connectivity index (χ1n) is 22.0. The Kier molecular flexibility index (Phi) is 7.91. The van der Waals surface area contributed by atoms with Crippen LogP contribution in [0.2, 0.25) is 0 Å². The molecule has 1 heteroatoms. The number of anilines is 3. The van der Waals surface area contributed by atoms with Crippen LogP contribution < -0.4 is 4.90 Å². The van der Waals surface area contributed by atoms with Gasteiger partial charge in [0.15, 0.2) is 0 Å². The second kappa shape index (κ2) is 13.4. The van der Waals surface area contributed by atoms with E-state index >= 15 is 0 Å². The van der Waals surface area contributed by atoms with Crippen molar-refractivity contribution in [2.24, 2.45) is 0 Å². The van der Waals surface area contributed by atoms with Gasteiger partial charge in [-0.05, 0) is 108 Å².